The van der Waals surface area contributed by atoms with Gasteiger partial charge in [-0.25, -0.2) is 4.98 Å². The third kappa shape index (κ3) is 3.13. The molecule has 0 spiro atoms. The molecule has 2 aromatic heterocycles. The van der Waals surface area contributed by atoms with Crippen LogP contribution in [-0.2, 0) is 7.05 Å². The van der Waals surface area contributed by atoms with Gasteiger partial charge >= 0.3 is 0 Å². The summed E-state index contributed by atoms with van der Waals surface area (Å²) >= 11 is 0. The zero-order valence-corrected chi connectivity index (χ0v) is 14.9. The van der Waals surface area contributed by atoms with Gasteiger partial charge in [-0.1, -0.05) is 0 Å². The summed E-state index contributed by atoms with van der Waals surface area (Å²) in [6, 6.07) is 6.99. The second-order valence-electron chi connectivity index (χ2n) is 5.77. The van der Waals surface area contributed by atoms with Crippen molar-refractivity contribution in [3.05, 3.63) is 41.2 Å². The molecule has 0 fully saturated rings. The minimum atomic E-state index is -0.234. The second kappa shape index (κ2) is 6.43. The van der Waals surface area contributed by atoms with Crippen molar-refractivity contribution in [1.82, 2.24) is 14.8 Å². The maximum absolute atomic E-state index is 12.9. The molecule has 0 saturated carbocycles. The molecule has 1 N–H and O–H groups in total. The van der Waals surface area contributed by atoms with E-state index in [1.807, 2.05) is 20.9 Å². The lowest BCUT2D eigenvalue weighted by Crippen LogP contribution is -2.13. The Labute approximate surface area is 145 Å². The van der Waals surface area contributed by atoms with Gasteiger partial charge in [-0.3, -0.25) is 9.48 Å². The molecule has 25 heavy (non-hydrogen) atoms. The average molecular weight is 340 g/mol. The third-order valence-electron chi connectivity index (χ3n) is 3.95. The van der Waals surface area contributed by atoms with Crippen molar-refractivity contribution in [3.63, 3.8) is 0 Å². The number of aryl methyl sites for hydroxylation is 3. The van der Waals surface area contributed by atoms with Crippen LogP contribution in [0.5, 0.6) is 11.5 Å². The van der Waals surface area contributed by atoms with E-state index in [4.69, 9.17) is 9.47 Å². The number of fused-ring (bicyclic) bond motifs is 1. The van der Waals surface area contributed by atoms with Crippen LogP contribution in [0.25, 0.3) is 11.0 Å². The number of pyridine rings is 1. The Hall–Kier alpha value is -3.09. The van der Waals surface area contributed by atoms with Crippen LogP contribution in [0.4, 0.5) is 5.69 Å². The third-order valence-corrected chi connectivity index (χ3v) is 3.95. The van der Waals surface area contributed by atoms with Gasteiger partial charge in [0.25, 0.3) is 5.91 Å². The molecule has 0 atom stereocenters. The molecule has 3 aromatic rings. The Morgan fingerprint density at radius 1 is 1.08 bits per heavy atom. The van der Waals surface area contributed by atoms with Crippen molar-refractivity contribution in [1.29, 1.82) is 0 Å². The van der Waals surface area contributed by atoms with Crippen LogP contribution < -0.4 is 14.8 Å². The summed E-state index contributed by atoms with van der Waals surface area (Å²) in [6.45, 7) is 3.72. The van der Waals surface area contributed by atoms with E-state index in [-0.39, 0.29) is 5.91 Å². The van der Waals surface area contributed by atoms with Crippen molar-refractivity contribution >= 4 is 22.6 Å². The number of nitrogens with one attached hydrogen (secondary N) is 1. The Balaban J connectivity index is 2.04. The van der Waals surface area contributed by atoms with E-state index in [0.29, 0.717) is 28.4 Å². The van der Waals surface area contributed by atoms with Gasteiger partial charge in [0.15, 0.2) is 5.65 Å². The SMILES string of the molecule is COc1cc(NC(=O)c2cc(C)nc3c2c(C)nn3C)cc(OC)c1. The van der Waals surface area contributed by atoms with Crippen LogP contribution in [0, 0.1) is 13.8 Å². The smallest absolute Gasteiger partial charge is 0.256 e. The lowest BCUT2D eigenvalue weighted by atomic mass is 10.1. The van der Waals surface area contributed by atoms with Crippen LogP contribution >= 0.6 is 0 Å². The molecule has 0 radical (unpaired) electrons. The number of rotatable bonds is 4. The fourth-order valence-corrected chi connectivity index (χ4v) is 2.83. The minimum Gasteiger partial charge on any atom is -0.497 e. The number of methoxy groups -OCH3 is 2. The molecule has 0 aliphatic carbocycles. The Morgan fingerprint density at radius 2 is 1.72 bits per heavy atom. The number of amides is 1. The monoisotopic (exact) mass is 340 g/mol. The number of anilines is 1. The molecule has 0 unspecified atom stereocenters. The van der Waals surface area contributed by atoms with Gasteiger partial charge in [0.1, 0.15) is 11.5 Å². The second-order valence-corrected chi connectivity index (χ2v) is 5.77. The van der Waals surface area contributed by atoms with Gasteiger partial charge in [-0.15, -0.1) is 0 Å². The normalized spacial score (nSPS) is 10.8. The molecule has 7 nitrogen and oxygen atoms in total. The van der Waals surface area contributed by atoms with Gasteiger partial charge < -0.3 is 14.8 Å². The van der Waals surface area contributed by atoms with Crippen molar-refractivity contribution in [2.75, 3.05) is 19.5 Å². The zero-order valence-electron chi connectivity index (χ0n) is 14.9. The van der Waals surface area contributed by atoms with E-state index in [1.54, 1.807) is 43.2 Å². The molecule has 0 aliphatic heterocycles. The van der Waals surface area contributed by atoms with Crippen LogP contribution in [-0.4, -0.2) is 34.9 Å². The molecule has 0 aliphatic rings. The summed E-state index contributed by atoms with van der Waals surface area (Å²) < 4.78 is 12.2. The molecular formula is C18H20N4O3. The van der Waals surface area contributed by atoms with Crippen molar-refractivity contribution in [2.24, 2.45) is 7.05 Å². The van der Waals surface area contributed by atoms with Crippen molar-refractivity contribution in [2.45, 2.75) is 13.8 Å². The number of hydrogen-bond donors (Lipinski definition) is 1. The van der Waals surface area contributed by atoms with Gasteiger partial charge in [0.05, 0.1) is 30.9 Å². The Kier molecular flexibility index (Phi) is 4.31. The summed E-state index contributed by atoms with van der Waals surface area (Å²) in [6.07, 6.45) is 0. The first-order valence-corrected chi connectivity index (χ1v) is 7.78. The number of carbonyl (C=O) groups is 1. The molecule has 2 heterocycles. The topological polar surface area (TPSA) is 78.3 Å². The minimum absolute atomic E-state index is 0.234. The number of aromatic nitrogens is 3. The van der Waals surface area contributed by atoms with Crippen LogP contribution in [0.1, 0.15) is 21.7 Å². The van der Waals surface area contributed by atoms with Gasteiger partial charge in [-0.2, -0.15) is 5.10 Å². The predicted molar refractivity (Wildman–Crippen MR) is 95.5 cm³/mol. The fourth-order valence-electron chi connectivity index (χ4n) is 2.83. The fraction of sp³-hybridized carbons (Fsp3) is 0.278. The number of ether oxygens (including phenoxy) is 2. The maximum atomic E-state index is 12.9. The molecule has 130 valence electrons. The largest absolute Gasteiger partial charge is 0.497 e. The average Bonchev–Trinajstić information content (AvgIpc) is 2.87. The molecule has 7 heteroatoms. The first-order chi connectivity index (χ1) is 11.9. The standard InChI is InChI=1S/C18H20N4O3/c1-10-6-15(16-11(2)21-22(3)17(16)19-10)18(23)20-12-7-13(24-4)9-14(8-12)25-5/h6-9H,1-5H3,(H,20,23). The summed E-state index contributed by atoms with van der Waals surface area (Å²) in [4.78, 5) is 17.4. The first-order valence-electron chi connectivity index (χ1n) is 7.78. The lowest BCUT2D eigenvalue weighted by molar-refractivity contribution is 0.102. The summed E-state index contributed by atoms with van der Waals surface area (Å²) in [7, 11) is 4.95. The molecule has 1 aromatic carbocycles. The van der Waals surface area contributed by atoms with Gasteiger partial charge in [0, 0.05) is 36.6 Å². The van der Waals surface area contributed by atoms with Crippen LogP contribution in [0.3, 0.4) is 0 Å². The summed E-state index contributed by atoms with van der Waals surface area (Å²) in [5, 5.41) is 8.02. The summed E-state index contributed by atoms with van der Waals surface area (Å²) in [5.74, 6) is 0.966. The zero-order chi connectivity index (χ0) is 18.1. The highest BCUT2D eigenvalue weighted by atomic mass is 16.5. The van der Waals surface area contributed by atoms with Crippen LogP contribution in [0.2, 0.25) is 0 Å². The van der Waals surface area contributed by atoms with E-state index >= 15 is 0 Å². The highest BCUT2D eigenvalue weighted by Gasteiger charge is 2.18. The molecule has 0 bridgehead atoms. The predicted octanol–water partition coefficient (Wildman–Crippen LogP) is 2.85. The highest BCUT2D eigenvalue weighted by molar-refractivity contribution is 6.12. The number of benzene rings is 1. The quantitative estimate of drug-likeness (QED) is 0.790. The van der Waals surface area contributed by atoms with E-state index in [9.17, 15) is 4.79 Å². The van der Waals surface area contributed by atoms with E-state index in [1.165, 1.54) is 0 Å². The van der Waals surface area contributed by atoms with Crippen molar-refractivity contribution < 1.29 is 14.3 Å². The van der Waals surface area contributed by atoms with Crippen LogP contribution in [0.15, 0.2) is 24.3 Å². The molecular weight excluding hydrogens is 320 g/mol. The molecule has 1 amide bonds. The highest BCUT2D eigenvalue weighted by Crippen LogP contribution is 2.27. The van der Waals surface area contributed by atoms with E-state index in [2.05, 4.69) is 15.4 Å². The number of nitrogens with zero attached hydrogens (tertiary/aromatic N) is 3. The molecule has 3 rings (SSSR count). The Bertz CT molecular complexity index is 940. The van der Waals surface area contributed by atoms with Crippen molar-refractivity contribution in [3.8, 4) is 11.5 Å². The molecule has 0 saturated heterocycles. The number of hydrogen-bond acceptors (Lipinski definition) is 5. The van der Waals surface area contributed by atoms with E-state index in [0.717, 1.165) is 16.8 Å². The Morgan fingerprint density at radius 3 is 2.32 bits per heavy atom. The number of carbonyl (C=O) groups excluding carboxylic acids is 1. The first kappa shape index (κ1) is 16.8. The summed E-state index contributed by atoms with van der Waals surface area (Å²) in [5.41, 5.74) is 3.33. The van der Waals surface area contributed by atoms with E-state index < -0.39 is 0 Å². The van der Waals surface area contributed by atoms with Gasteiger partial charge in [-0.05, 0) is 19.9 Å². The maximum Gasteiger partial charge on any atom is 0.256 e. The lowest BCUT2D eigenvalue weighted by Gasteiger charge is -2.11. The van der Waals surface area contributed by atoms with Gasteiger partial charge in [0.2, 0.25) is 0 Å².